The predicted molar refractivity (Wildman–Crippen MR) is 134 cm³/mol. The molecule has 0 aliphatic carbocycles. The van der Waals surface area contributed by atoms with Crippen LogP contribution in [0.4, 0.5) is 5.69 Å². The molecule has 1 heterocycles. The van der Waals surface area contributed by atoms with Crippen LogP contribution in [0.5, 0.6) is 5.75 Å². The summed E-state index contributed by atoms with van der Waals surface area (Å²) in [4.78, 5) is 42.0. The molecule has 0 saturated heterocycles. The van der Waals surface area contributed by atoms with Gasteiger partial charge in [0.25, 0.3) is 5.56 Å². The highest BCUT2D eigenvalue weighted by molar-refractivity contribution is 7.99. The van der Waals surface area contributed by atoms with Gasteiger partial charge in [-0.2, -0.15) is 0 Å². The maximum Gasteiger partial charge on any atom is 0.266 e. The van der Waals surface area contributed by atoms with Gasteiger partial charge < -0.3 is 10.1 Å². The number of amides is 1. The molecule has 0 bridgehead atoms. The number of Topliss-reactive ketones (excluding diaryl/α,β-unsaturated/α-hetero) is 1. The summed E-state index contributed by atoms with van der Waals surface area (Å²) in [5.74, 6) is 0.470. The summed E-state index contributed by atoms with van der Waals surface area (Å²) < 4.78 is 7.02. The Morgan fingerprint density at radius 2 is 1.71 bits per heavy atom. The standard InChI is InChI=1S/C26H23N3O4S/c1-3-33-21-14-12-20(13-15-21)29-25(32)22-6-4-5-7-23(22)28-26(29)34-16-24(31)27-19-10-8-18(9-11-19)17(2)30/h4-15H,3,16H2,1-2H3,(H,27,31). The molecular formula is C26H23N3O4S. The van der Waals surface area contributed by atoms with Crippen LogP contribution in [0, 0.1) is 0 Å². The summed E-state index contributed by atoms with van der Waals surface area (Å²) in [6, 6.07) is 21.0. The van der Waals surface area contributed by atoms with E-state index in [1.165, 1.54) is 23.3 Å². The van der Waals surface area contributed by atoms with Crippen molar-refractivity contribution in [3.63, 3.8) is 0 Å². The van der Waals surface area contributed by atoms with Gasteiger partial charge in [0.1, 0.15) is 5.75 Å². The van der Waals surface area contributed by atoms with Crippen LogP contribution in [0.15, 0.2) is 82.7 Å². The zero-order chi connectivity index (χ0) is 24.1. The second-order valence-corrected chi connectivity index (χ2v) is 8.39. The minimum Gasteiger partial charge on any atom is -0.494 e. The fourth-order valence-corrected chi connectivity index (χ4v) is 4.22. The number of rotatable bonds is 8. The summed E-state index contributed by atoms with van der Waals surface area (Å²) in [7, 11) is 0. The normalized spacial score (nSPS) is 10.8. The molecule has 1 aromatic heterocycles. The fourth-order valence-electron chi connectivity index (χ4n) is 3.41. The lowest BCUT2D eigenvalue weighted by molar-refractivity contribution is -0.113. The van der Waals surface area contributed by atoms with Crippen LogP contribution >= 0.6 is 11.8 Å². The fraction of sp³-hybridized carbons (Fsp3) is 0.154. The summed E-state index contributed by atoms with van der Waals surface area (Å²) in [6.45, 7) is 3.94. The number of carbonyl (C=O) groups is 2. The highest BCUT2D eigenvalue weighted by Gasteiger charge is 2.15. The number of carbonyl (C=O) groups excluding carboxylic acids is 2. The number of hydrogen-bond acceptors (Lipinski definition) is 6. The van der Waals surface area contributed by atoms with Gasteiger partial charge >= 0.3 is 0 Å². The second kappa shape index (κ2) is 10.4. The van der Waals surface area contributed by atoms with E-state index in [-0.39, 0.29) is 23.0 Å². The topological polar surface area (TPSA) is 90.3 Å². The van der Waals surface area contributed by atoms with Gasteiger partial charge in [-0.05, 0) is 74.5 Å². The molecule has 0 aliphatic rings. The van der Waals surface area contributed by atoms with Gasteiger partial charge in [-0.25, -0.2) is 4.98 Å². The molecule has 1 N–H and O–H groups in total. The number of fused-ring (bicyclic) bond motifs is 1. The molecule has 1 amide bonds. The maximum atomic E-state index is 13.3. The maximum absolute atomic E-state index is 13.3. The SMILES string of the molecule is CCOc1ccc(-n2c(SCC(=O)Nc3ccc(C(C)=O)cc3)nc3ccccc3c2=O)cc1. The van der Waals surface area contributed by atoms with Crippen LogP contribution in [0.1, 0.15) is 24.2 Å². The third-order valence-corrected chi connectivity index (χ3v) is 6.00. The average Bonchev–Trinajstić information content (AvgIpc) is 2.84. The number of thioether (sulfide) groups is 1. The van der Waals surface area contributed by atoms with E-state index in [2.05, 4.69) is 10.3 Å². The van der Waals surface area contributed by atoms with Crippen LogP contribution in [-0.4, -0.2) is 33.6 Å². The molecule has 3 aromatic carbocycles. The number of anilines is 1. The van der Waals surface area contributed by atoms with E-state index in [1.54, 1.807) is 66.7 Å². The van der Waals surface area contributed by atoms with Gasteiger partial charge in [0.15, 0.2) is 10.9 Å². The Labute approximate surface area is 200 Å². The second-order valence-electron chi connectivity index (χ2n) is 7.45. The van der Waals surface area contributed by atoms with Crippen molar-refractivity contribution in [1.82, 2.24) is 9.55 Å². The monoisotopic (exact) mass is 473 g/mol. The summed E-state index contributed by atoms with van der Waals surface area (Å²) in [6.07, 6.45) is 0. The summed E-state index contributed by atoms with van der Waals surface area (Å²) in [5.41, 5.74) is 2.16. The first-order chi connectivity index (χ1) is 16.5. The van der Waals surface area contributed by atoms with Gasteiger partial charge in [-0.15, -0.1) is 0 Å². The molecular weight excluding hydrogens is 450 g/mol. The Balaban J connectivity index is 1.60. The van der Waals surface area contributed by atoms with Crippen molar-refractivity contribution in [1.29, 1.82) is 0 Å². The molecule has 0 aliphatic heterocycles. The highest BCUT2D eigenvalue weighted by Crippen LogP contribution is 2.23. The molecule has 0 saturated carbocycles. The lowest BCUT2D eigenvalue weighted by atomic mass is 10.1. The van der Waals surface area contributed by atoms with Crippen molar-refractivity contribution >= 4 is 40.0 Å². The number of benzene rings is 3. The number of nitrogens with zero attached hydrogens (tertiary/aromatic N) is 2. The molecule has 8 heteroatoms. The van der Waals surface area contributed by atoms with Crippen molar-refractivity contribution < 1.29 is 14.3 Å². The smallest absolute Gasteiger partial charge is 0.266 e. The molecule has 34 heavy (non-hydrogen) atoms. The van der Waals surface area contributed by atoms with Crippen molar-refractivity contribution in [3.8, 4) is 11.4 Å². The van der Waals surface area contributed by atoms with E-state index >= 15 is 0 Å². The van der Waals surface area contributed by atoms with Gasteiger partial charge in [-0.1, -0.05) is 23.9 Å². The molecule has 0 radical (unpaired) electrons. The average molecular weight is 474 g/mol. The predicted octanol–water partition coefficient (Wildman–Crippen LogP) is 4.72. The zero-order valence-corrected chi connectivity index (χ0v) is 19.6. The third-order valence-electron chi connectivity index (χ3n) is 5.06. The molecule has 4 rings (SSSR count). The van der Waals surface area contributed by atoms with Crippen LogP contribution < -0.4 is 15.6 Å². The first-order valence-corrected chi connectivity index (χ1v) is 11.7. The molecule has 4 aromatic rings. The lowest BCUT2D eigenvalue weighted by Crippen LogP contribution is -2.23. The quantitative estimate of drug-likeness (QED) is 0.226. The number of ketones is 1. The Hall–Kier alpha value is -3.91. The molecule has 172 valence electrons. The van der Waals surface area contributed by atoms with Crippen molar-refractivity contribution in [2.24, 2.45) is 0 Å². The molecule has 7 nitrogen and oxygen atoms in total. The Morgan fingerprint density at radius 3 is 2.38 bits per heavy atom. The first kappa shape index (κ1) is 23.3. The third kappa shape index (κ3) is 5.18. The minimum atomic E-state index is -0.249. The van der Waals surface area contributed by atoms with E-state index in [0.29, 0.717) is 45.4 Å². The van der Waals surface area contributed by atoms with E-state index < -0.39 is 0 Å². The Bertz CT molecular complexity index is 1400. The Kier molecular flexibility index (Phi) is 7.08. The van der Waals surface area contributed by atoms with Crippen LogP contribution in [-0.2, 0) is 4.79 Å². The molecule has 0 fully saturated rings. The molecule has 0 unspecified atom stereocenters. The number of para-hydroxylation sites is 1. The van der Waals surface area contributed by atoms with Crippen molar-refractivity contribution in [2.75, 3.05) is 17.7 Å². The van der Waals surface area contributed by atoms with Gasteiger partial charge in [-0.3, -0.25) is 19.0 Å². The Morgan fingerprint density at radius 1 is 1.00 bits per heavy atom. The van der Waals surface area contributed by atoms with E-state index in [0.717, 1.165) is 0 Å². The van der Waals surface area contributed by atoms with Crippen LogP contribution in [0.3, 0.4) is 0 Å². The summed E-state index contributed by atoms with van der Waals surface area (Å²) >= 11 is 1.18. The van der Waals surface area contributed by atoms with Crippen LogP contribution in [0.25, 0.3) is 16.6 Å². The largest absolute Gasteiger partial charge is 0.494 e. The summed E-state index contributed by atoms with van der Waals surface area (Å²) in [5, 5.41) is 3.72. The lowest BCUT2D eigenvalue weighted by Gasteiger charge is -2.14. The number of ether oxygens (including phenoxy) is 1. The van der Waals surface area contributed by atoms with Gasteiger partial charge in [0.05, 0.1) is 29.0 Å². The number of aromatic nitrogens is 2. The molecule has 0 spiro atoms. The van der Waals surface area contributed by atoms with E-state index in [1.807, 2.05) is 13.0 Å². The molecule has 0 atom stereocenters. The number of hydrogen-bond donors (Lipinski definition) is 1. The van der Waals surface area contributed by atoms with E-state index in [4.69, 9.17) is 4.74 Å². The van der Waals surface area contributed by atoms with Crippen molar-refractivity contribution in [3.05, 3.63) is 88.7 Å². The van der Waals surface area contributed by atoms with Crippen LogP contribution in [0.2, 0.25) is 0 Å². The highest BCUT2D eigenvalue weighted by atomic mass is 32.2. The van der Waals surface area contributed by atoms with E-state index in [9.17, 15) is 14.4 Å². The van der Waals surface area contributed by atoms with Gasteiger partial charge in [0, 0.05) is 11.3 Å². The minimum absolute atomic E-state index is 0.0388. The first-order valence-electron chi connectivity index (χ1n) is 10.7. The van der Waals surface area contributed by atoms with Gasteiger partial charge in [0.2, 0.25) is 5.91 Å². The zero-order valence-electron chi connectivity index (χ0n) is 18.8. The van der Waals surface area contributed by atoms with Crippen molar-refractivity contribution in [2.45, 2.75) is 19.0 Å². The number of nitrogens with one attached hydrogen (secondary N) is 1.